The number of pyridine rings is 1. The molecule has 1 aliphatic heterocycles. The average Bonchev–Trinajstić information content (AvgIpc) is 2.46. The van der Waals surface area contributed by atoms with Gasteiger partial charge in [-0.2, -0.15) is 0 Å². The summed E-state index contributed by atoms with van der Waals surface area (Å²) in [6, 6.07) is 7.34. The molecule has 1 saturated heterocycles. The number of fused-ring (bicyclic) bond motifs is 1. The van der Waals surface area contributed by atoms with Gasteiger partial charge >= 0.3 is 5.97 Å². The lowest BCUT2D eigenvalue weighted by Gasteiger charge is -2.30. The van der Waals surface area contributed by atoms with E-state index in [1.807, 2.05) is 24.3 Å². The molecule has 1 amide bonds. The summed E-state index contributed by atoms with van der Waals surface area (Å²) in [5, 5.41) is 12.8. The van der Waals surface area contributed by atoms with E-state index >= 15 is 0 Å². The maximum atomic E-state index is 11.5. The molecule has 2 heterocycles. The minimum Gasteiger partial charge on any atom is -0.478 e. The number of aromatic nitrogens is 1. The molecule has 1 fully saturated rings. The second-order valence-corrected chi connectivity index (χ2v) is 4.61. The number of nitrogens with zero attached hydrogens (tertiary/aromatic N) is 2. The minimum atomic E-state index is -1.04. The summed E-state index contributed by atoms with van der Waals surface area (Å²) in [5.74, 6) is -1.14. The van der Waals surface area contributed by atoms with Crippen molar-refractivity contribution in [1.82, 2.24) is 10.3 Å². The largest absolute Gasteiger partial charge is 0.478 e. The van der Waals surface area contributed by atoms with Crippen LogP contribution in [0.25, 0.3) is 10.9 Å². The number of rotatable bonds is 2. The molecule has 1 aromatic carbocycles. The highest BCUT2D eigenvalue weighted by molar-refractivity contribution is 6.05. The van der Waals surface area contributed by atoms with Crippen molar-refractivity contribution in [2.24, 2.45) is 0 Å². The molecule has 6 nitrogen and oxygen atoms in total. The molecule has 6 heteroatoms. The molecule has 0 saturated carbocycles. The van der Waals surface area contributed by atoms with Crippen molar-refractivity contribution < 1.29 is 14.7 Å². The van der Waals surface area contributed by atoms with Crippen LogP contribution in [0.4, 0.5) is 5.69 Å². The maximum Gasteiger partial charge on any atom is 0.339 e. The first-order valence-electron chi connectivity index (χ1n) is 6.29. The van der Waals surface area contributed by atoms with Crippen molar-refractivity contribution in [2.45, 2.75) is 0 Å². The van der Waals surface area contributed by atoms with E-state index in [4.69, 9.17) is 0 Å². The van der Waals surface area contributed by atoms with Crippen LogP contribution in [0.3, 0.4) is 0 Å². The smallest absolute Gasteiger partial charge is 0.339 e. The molecule has 102 valence electrons. The average molecular weight is 271 g/mol. The number of aromatic carboxylic acids is 1. The van der Waals surface area contributed by atoms with Gasteiger partial charge < -0.3 is 15.3 Å². The third-order valence-electron chi connectivity index (χ3n) is 3.33. The standard InChI is InChI=1S/C14H13N3O3/c18-12-8-17(6-5-15-12)13-9-3-1-2-4-11(9)16-7-10(13)14(19)20/h1-4,7H,5-6,8H2,(H,15,18)(H,19,20). The van der Waals surface area contributed by atoms with E-state index in [0.717, 1.165) is 10.9 Å². The van der Waals surface area contributed by atoms with Crippen LogP contribution in [0, 0.1) is 0 Å². The zero-order valence-corrected chi connectivity index (χ0v) is 10.7. The van der Waals surface area contributed by atoms with Crippen LogP contribution in [0.2, 0.25) is 0 Å². The first-order valence-corrected chi connectivity index (χ1v) is 6.29. The summed E-state index contributed by atoms with van der Waals surface area (Å²) < 4.78 is 0. The lowest BCUT2D eigenvalue weighted by molar-refractivity contribution is -0.120. The van der Waals surface area contributed by atoms with E-state index in [-0.39, 0.29) is 18.0 Å². The van der Waals surface area contributed by atoms with Gasteiger partial charge in [-0.1, -0.05) is 18.2 Å². The highest BCUT2D eigenvalue weighted by Crippen LogP contribution is 2.29. The fourth-order valence-electron chi connectivity index (χ4n) is 2.45. The van der Waals surface area contributed by atoms with Crippen molar-refractivity contribution in [3.05, 3.63) is 36.0 Å². The van der Waals surface area contributed by atoms with E-state index < -0.39 is 5.97 Å². The zero-order valence-electron chi connectivity index (χ0n) is 10.7. The third kappa shape index (κ3) is 2.05. The molecule has 2 aromatic rings. The third-order valence-corrected chi connectivity index (χ3v) is 3.33. The number of carboxylic acid groups (broad SMARTS) is 1. The van der Waals surface area contributed by atoms with Crippen LogP contribution in [0.1, 0.15) is 10.4 Å². The monoisotopic (exact) mass is 271 g/mol. The molecule has 0 unspecified atom stereocenters. The predicted octanol–water partition coefficient (Wildman–Crippen LogP) is 0.869. The Kier molecular flexibility index (Phi) is 2.98. The van der Waals surface area contributed by atoms with E-state index in [1.54, 1.807) is 4.90 Å². The van der Waals surface area contributed by atoms with Crippen molar-refractivity contribution in [2.75, 3.05) is 24.5 Å². The Labute approximate surface area is 115 Å². The minimum absolute atomic E-state index is 0.103. The number of nitrogens with one attached hydrogen (secondary N) is 1. The fraction of sp³-hybridized carbons (Fsp3) is 0.214. The summed E-state index contributed by atoms with van der Waals surface area (Å²) in [5.41, 5.74) is 1.41. The molecule has 20 heavy (non-hydrogen) atoms. The summed E-state index contributed by atoms with van der Waals surface area (Å²) in [7, 11) is 0. The highest BCUT2D eigenvalue weighted by Gasteiger charge is 2.24. The number of benzene rings is 1. The van der Waals surface area contributed by atoms with E-state index in [2.05, 4.69) is 10.3 Å². The highest BCUT2D eigenvalue weighted by atomic mass is 16.4. The van der Waals surface area contributed by atoms with Gasteiger partial charge in [0.15, 0.2) is 0 Å². The molecule has 0 aliphatic carbocycles. The first kappa shape index (κ1) is 12.4. The van der Waals surface area contributed by atoms with Gasteiger partial charge in [0.25, 0.3) is 0 Å². The van der Waals surface area contributed by atoms with E-state index in [0.29, 0.717) is 18.8 Å². The van der Waals surface area contributed by atoms with Gasteiger partial charge in [-0.15, -0.1) is 0 Å². The number of anilines is 1. The predicted molar refractivity (Wildman–Crippen MR) is 73.9 cm³/mol. The van der Waals surface area contributed by atoms with Crippen LogP contribution in [-0.2, 0) is 4.79 Å². The van der Waals surface area contributed by atoms with Crippen LogP contribution in [0.15, 0.2) is 30.5 Å². The number of hydrogen-bond acceptors (Lipinski definition) is 4. The summed E-state index contributed by atoms with van der Waals surface area (Å²) >= 11 is 0. The van der Waals surface area contributed by atoms with Gasteiger partial charge in [-0.3, -0.25) is 9.78 Å². The van der Waals surface area contributed by atoms with Crippen molar-refractivity contribution in [3.8, 4) is 0 Å². The Morgan fingerprint density at radius 2 is 2.15 bits per heavy atom. The van der Waals surface area contributed by atoms with Crippen molar-refractivity contribution >= 4 is 28.5 Å². The van der Waals surface area contributed by atoms with Gasteiger partial charge in [0.1, 0.15) is 5.56 Å². The quantitative estimate of drug-likeness (QED) is 0.847. The Morgan fingerprint density at radius 3 is 2.90 bits per heavy atom. The molecule has 1 aromatic heterocycles. The van der Waals surface area contributed by atoms with Gasteiger partial charge in [-0.05, 0) is 6.07 Å². The zero-order chi connectivity index (χ0) is 14.1. The van der Waals surface area contributed by atoms with Gasteiger partial charge in [-0.25, -0.2) is 4.79 Å². The van der Waals surface area contributed by atoms with Crippen LogP contribution in [0.5, 0.6) is 0 Å². The van der Waals surface area contributed by atoms with Gasteiger partial charge in [0.2, 0.25) is 5.91 Å². The lowest BCUT2D eigenvalue weighted by Crippen LogP contribution is -2.48. The Morgan fingerprint density at radius 1 is 1.35 bits per heavy atom. The number of piperazine rings is 1. The van der Waals surface area contributed by atoms with Gasteiger partial charge in [0.05, 0.1) is 17.7 Å². The molecule has 0 spiro atoms. The normalized spacial score (nSPS) is 15.2. The summed E-state index contributed by atoms with van der Waals surface area (Å²) in [6.07, 6.45) is 1.35. The molecular formula is C14H13N3O3. The second-order valence-electron chi connectivity index (χ2n) is 4.61. The summed E-state index contributed by atoms with van der Waals surface area (Å²) in [4.78, 5) is 28.9. The second kappa shape index (κ2) is 4.80. The number of carboxylic acids is 1. The van der Waals surface area contributed by atoms with Crippen LogP contribution >= 0.6 is 0 Å². The number of para-hydroxylation sites is 1. The summed E-state index contributed by atoms with van der Waals surface area (Å²) in [6.45, 7) is 1.25. The Hall–Kier alpha value is -2.63. The molecular weight excluding hydrogens is 258 g/mol. The van der Waals surface area contributed by atoms with E-state index in [9.17, 15) is 14.7 Å². The molecule has 0 atom stereocenters. The number of carbonyl (C=O) groups is 2. The SMILES string of the molecule is O=C1CN(c2c(C(=O)O)cnc3ccccc23)CCN1. The Balaban J connectivity index is 2.21. The van der Waals surface area contributed by atoms with Crippen molar-refractivity contribution in [1.29, 1.82) is 0 Å². The molecule has 0 bridgehead atoms. The topological polar surface area (TPSA) is 82.5 Å². The van der Waals surface area contributed by atoms with Crippen molar-refractivity contribution in [3.63, 3.8) is 0 Å². The Bertz CT molecular complexity index is 699. The molecule has 2 N–H and O–H groups in total. The van der Waals surface area contributed by atoms with Crippen LogP contribution < -0.4 is 10.2 Å². The maximum absolute atomic E-state index is 11.5. The fourth-order valence-corrected chi connectivity index (χ4v) is 2.45. The van der Waals surface area contributed by atoms with Gasteiger partial charge in [0, 0.05) is 24.7 Å². The first-order chi connectivity index (χ1) is 9.66. The lowest BCUT2D eigenvalue weighted by atomic mass is 10.1. The number of amides is 1. The molecule has 3 rings (SSSR count). The van der Waals surface area contributed by atoms with Crippen LogP contribution in [-0.4, -0.2) is 41.6 Å². The molecule has 1 aliphatic rings. The van der Waals surface area contributed by atoms with E-state index in [1.165, 1.54) is 6.20 Å². The number of carbonyl (C=O) groups excluding carboxylic acids is 1. The molecule has 0 radical (unpaired) electrons. The number of hydrogen-bond donors (Lipinski definition) is 2.